The molecule has 0 amide bonds. The van der Waals surface area contributed by atoms with Gasteiger partial charge in [0.2, 0.25) is 0 Å². The minimum absolute atomic E-state index is 0. The van der Waals surface area contributed by atoms with Gasteiger partial charge in [-0.15, -0.1) is 0 Å². The summed E-state index contributed by atoms with van der Waals surface area (Å²) in [5.41, 5.74) is 0. The van der Waals surface area contributed by atoms with Crippen LogP contribution in [0.4, 0.5) is 7.88 Å². The second-order valence-corrected chi connectivity index (χ2v) is 4.22. The molecule has 0 rings (SSSR count). The Hall–Kier alpha value is 2.25. The Kier molecular flexibility index (Phi) is 37.2. The van der Waals surface area contributed by atoms with Crippen molar-refractivity contribution in [3.05, 3.63) is 0 Å². The van der Waals surface area contributed by atoms with Crippen molar-refractivity contribution in [2.45, 2.75) is 0 Å². The van der Waals surface area contributed by atoms with E-state index in [-0.39, 0.29) is 17.4 Å². The van der Waals surface area contributed by atoms with E-state index in [0.29, 0.717) is 0 Å². The number of hydrogen-bond acceptors (Lipinski definition) is 6. The Morgan fingerprint density at radius 1 is 0.692 bits per heavy atom. The van der Waals surface area contributed by atoms with Gasteiger partial charge in [0, 0.05) is 0 Å². The topological polar surface area (TPSA) is 120 Å². The molecular formula is AlF3O6Zr3. The standard InChI is InChI=1S/Al.3FH.6O.3Zr/h;3*1H;;;;;;;;;/q+3;;;;;;;3*-1;3*+1/p-3. The van der Waals surface area contributed by atoms with Gasteiger partial charge >= 0.3 is 112 Å². The van der Waals surface area contributed by atoms with Crippen LogP contribution >= 0.6 is 0 Å². The van der Waals surface area contributed by atoms with Gasteiger partial charge < -0.3 is 0 Å². The van der Waals surface area contributed by atoms with Crippen molar-refractivity contribution < 1.29 is 94.3 Å². The molecule has 0 unspecified atom stereocenters. The first-order valence-corrected chi connectivity index (χ1v) is 10.6. The van der Waals surface area contributed by atoms with E-state index in [4.69, 9.17) is 18.0 Å². The molecule has 0 heterocycles. The molecule has 0 N–H and O–H groups in total. The maximum atomic E-state index is 10.1. The Morgan fingerprint density at radius 3 is 0.692 bits per heavy atom. The van der Waals surface area contributed by atoms with Crippen LogP contribution in [0.1, 0.15) is 0 Å². The maximum absolute atomic E-state index is 10.1. The van der Waals surface area contributed by atoms with Crippen LogP contribution in [0.2, 0.25) is 0 Å². The zero-order valence-electron chi connectivity index (χ0n) is 5.66. The minimum atomic E-state index is -4.54. The molecule has 0 aromatic carbocycles. The van der Waals surface area contributed by atoms with Crippen molar-refractivity contribution in [3.63, 3.8) is 0 Å². The molecule has 0 radical (unpaired) electrons. The number of rotatable bonds is 0. The molecule has 6 nitrogen and oxygen atoms in total. The van der Waals surface area contributed by atoms with Crippen LogP contribution in [0, 0.1) is 0 Å². The van der Waals surface area contributed by atoms with Crippen molar-refractivity contribution in [2.24, 2.45) is 0 Å². The van der Waals surface area contributed by atoms with Crippen molar-refractivity contribution in [2.75, 3.05) is 0 Å². The summed E-state index contributed by atoms with van der Waals surface area (Å²) < 4.78 is 81.3. The van der Waals surface area contributed by atoms with E-state index in [1.165, 1.54) is 0 Å². The summed E-state index contributed by atoms with van der Waals surface area (Å²) >= 11 is -13.6. The van der Waals surface area contributed by atoms with Gasteiger partial charge in [-0.1, -0.05) is 0 Å². The molecule has 0 aromatic heterocycles. The molecule has 13 heavy (non-hydrogen) atoms. The molecule has 0 bridgehead atoms. The first-order chi connectivity index (χ1) is 5.20. The Morgan fingerprint density at radius 2 is 0.692 bits per heavy atom. The summed E-state index contributed by atoms with van der Waals surface area (Å²) in [4.78, 5) is 0. The van der Waals surface area contributed by atoms with Crippen molar-refractivity contribution >= 4 is 17.4 Å². The molecule has 0 aliphatic heterocycles. The van der Waals surface area contributed by atoms with Gasteiger partial charge in [-0.2, -0.15) is 0 Å². The molecule has 0 fully saturated rings. The second-order valence-electron chi connectivity index (χ2n) is 0.713. The quantitative estimate of drug-likeness (QED) is 0.359. The zero-order valence-corrected chi connectivity index (χ0v) is 14.2. The fourth-order valence-electron chi connectivity index (χ4n) is 0. The fraction of sp³-hybridized carbons (Fsp3) is 0. The zero-order chi connectivity index (χ0) is 10.7. The van der Waals surface area contributed by atoms with Crippen LogP contribution < -0.4 is 9.55 Å². The van der Waals surface area contributed by atoms with Gasteiger partial charge in [-0.25, -0.2) is 0 Å². The fourth-order valence-corrected chi connectivity index (χ4v) is 0. The van der Waals surface area contributed by atoms with Gasteiger partial charge in [0.1, 0.15) is 0 Å². The van der Waals surface area contributed by atoms with Gasteiger partial charge in [0.25, 0.3) is 0 Å². The second kappa shape index (κ2) is 19.8. The molecule has 0 atom stereocenters. The summed E-state index contributed by atoms with van der Waals surface area (Å²) in [6.07, 6.45) is 0. The van der Waals surface area contributed by atoms with Crippen LogP contribution in [0.15, 0.2) is 0 Å². The van der Waals surface area contributed by atoms with Crippen molar-refractivity contribution in [1.82, 2.24) is 0 Å². The molecule has 0 aromatic rings. The summed E-state index contributed by atoms with van der Waals surface area (Å²) in [6, 6.07) is 0. The van der Waals surface area contributed by atoms with Crippen molar-refractivity contribution in [3.8, 4) is 0 Å². The van der Waals surface area contributed by atoms with Gasteiger partial charge in [-0.05, 0) is 0 Å². The van der Waals surface area contributed by atoms with E-state index < -0.39 is 68.4 Å². The molecule has 0 aliphatic rings. The summed E-state index contributed by atoms with van der Waals surface area (Å²) in [7, 11) is 0. The van der Waals surface area contributed by atoms with Gasteiger partial charge in [0.05, 0.1) is 0 Å². The van der Waals surface area contributed by atoms with Crippen molar-refractivity contribution in [1.29, 1.82) is 0 Å². The molecule has 0 saturated heterocycles. The van der Waals surface area contributed by atoms with E-state index in [1.807, 2.05) is 0 Å². The molecule has 0 aliphatic carbocycles. The number of hydrogen-bond donors (Lipinski definition) is 0. The van der Waals surface area contributed by atoms with Crippen LogP contribution in [-0.2, 0) is 76.9 Å². The van der Waals surface area contributed by atoms with E-state index in [0.717, 1.165) is 0 Å². The van der Waals surface area contributed by atoms with Gasteiger partial charge in [-0.3, -0.25) is 0 Å². The predicted molar refractivity (Wildman–Crippen MR) is 11.1 cm³/mol. The van der Waals surface area contributed by atoms with E-state index in [9.17, 15) is 7.88 Å². The Bertz CT molecular complexity index is 121. The normalized spacial score (nSPS) is 6.00. The third kappa shape index (κ3) is 422. The predicted octanol–water partition coefficient (Wildman–Crippen LogP) is -3.05. The van der Waals surface area contributed by atoms with Crippen LogP contribution in [-0.4, -0.2) is 17.4 Å². The summed E-state index contributed by atoms with van der Waals surface area (Å²) in [5.74, 6) is 0. The van der Waals surface area contributed by atoms with Crippen LogP contribution in [0.25, 0.3) is 0 Å². The first kappa shape index (κ1) is 24.5. The molecule has 0 saturated carbocycles. The van der Waals surface area contributed by atoms with E-state index in [2.05, 4.69) is 0 Å². The average Bonchev–Trinajstić information content (AvgIpc) is 1.54. The first-order valence-electron chi connectivity index (χ1n) is 1.79. The van der Waals surface area contributed by atoms with E-state index >= 15 is 0 Å². The third-order valence-corrected chi connectivity index (χ3v) is 0. The van der Waals surface area contributed by atoms with Gasteiger partial charge in [0.15, 0.2) is 0 Å². The summed E-state index contributed by atoms with van der Waals surface area (Å²) in [5, 5.41) is 0. The Balaban J connectivity index is -0.0000000450. The van der Waals surface area contributed by atoms with Crippen LogP contribution in [0.3, 0.4) is 0 Å². The molecule has 72 valence electrons. The third-order valence-electron chi connectivity index (χ3n) is 0. The molecule has 0 spiro atoms. The molecule has 13 heteroatoms. The Labute approximate surface area is 110 Å². The van der Waals surface area contributed by atoms with E-state index in [1.54, 1.807) is 0 Å². The summed E-state index contributed by atoms with van der Waals surface area (Å²) in [6.45, 7) is 0. The average molecular weight is 454 g/mol. The SMILES string of the molecule is [Al+3].[O]=[Zr]([O-])[F].[O]=[Zr]([O-])[F].[O]=[Zr]([O-])[F]. The monoisotopic (exact) mass is 450 g/mol. The van der Waals surface area contributed by atoms with Crippen LogP contribution in [0.5, 0.6) is 0 Å². The number of halogens is 3. The molecular weight excluding hydrogens is 454 g/mol.